The maximum Gasteiger partial charge on any atom is 0.313 e. The third-order valence-electron chi connectivity index (χ3n) is 4.94. The summed E-state index contributed by atoms with van der Waals surface area (Å²) in [4.78, 5) is 6.91. The summed E-state index contributed by atoms with van der Waals surface area (Å²) in [6, 6.07) is 6.87. The molecule has 1 aromatic heterocycles. The van der Waals surface area contributed by atoms with Crippen molar-refractivity contribution in [3.8, 4) is 11.5 Å². The maximum absolute atomic E-state index is 5.52. The predicted molar refractivity (Wildman–Crippen MR) is 90.2 cm³/mol. The van der Waals surface area contributed by atoms with Gasteiger partial charge in [-0.2, -0.15) is 0 Å². The summed E-state index contributed by atoms with van der Waals surface area (Å²) in [5, 5.41) is 7.69. The Balaban J connectivity index is 1.67. The third kappa shape index (κ3) is 2.58. The molecule has 2 heterocycles. The molecule has 4 rings (SSSR count). The first kappa shape index (κ1) is 14.2. The number of fused-ring (bicyclic) bond motifs is 1. The van der Waals surface area contributed by atoms with Gasteiger partial charge in [-0.1, -0.05) is 24.9 Å². The zero-order valence-corrected chi connectivity index (χ0v) is 13.3. The van der Waals surface area contributed by atoms with Crippen molar-refractivity contribution >= 4 is 18.0 Å². The Kier molecular flexibility index (Phi) is 3.52. The molecule has 1 fully saturated rings. The lowest BCUT2D eigenvalue weighted by Gasteiger charge is -2.39. The molecular weight excluding hydrogens is 290 g/mol. The van der Waals surface area contributed by atoms with E-state index in [0.29, 0.717) is 24.4 Å². The highest BCUT2D eigenvalue weighted by Crippen LogP contribution is 2.35. The van der Waals surface area contributed by atoms with Gasteiger partial charge in [0, 0.05) is 17.3 Å². The van der Waals surface area contributed by atoms with Gasteiger partial charge in [-0.3, -0.25) is 4.99 Å². The number of hydrogen-bond donors (Lipinski definition) is 1. The second-order valence-corrected chi connectivity index (χ2v) is 6.48. The Morgan fingerprint density at radius 2 is 2.09 bits per heavy atom. The van der Waals surface area contributed by atoms with E-state index in [1.165, 1.54) is 36.9 Å². The molecule has 120 valence electrons. The molecule has 1 aliphatic carbocycles. The molecule has 6 nitrogen and oxygen atoms in total. The van der Waals surface area contributed by atoms with E-state index in [0.717, 1.165) is 5.56 Å². The van der Waals surface area contributed by atoms with Crippen molar-refractivity contribution in [3.05, 3.63) is 23.8 Å². The molecular formula is C17H21N5O. The van der Waals surface area contributed by atoms with Crippen LogP contribution in [0.25, 0.3) is 11.5 Å². The molecule has 0 amide bonds. The van der Waals surface area contributed by atoms with Crippen molar-refractivity contribution < 1.29 is 4.42 Å². The number of benzene rings is 1. The first-order chi connectivity index (χ1) is 11.2. The molecule has 2 aliphatic rings. The molecule has 2 N–H and O–H groups in total. The summed E-state index contributed by atoms with van der Waals surface area (Å²) in [5.41, 5.74) is 8.85. The number of anilines is 2. The minimum Gasteiger partial charge on any atom is -0.404 e. The third-order valence-corrected chi connectivity index (χ3v) is 4.94. The monoisotopic (exact) mass is 311 g/mol. The van der Waals surface area contributed by atoms with Crippen LogP contribution in [-0.2, 0) is 6.54 Å². The van der Waals surface area contributed by atoms with Gasteiger partial charge in [0.05, 0.1) is 12.9 Å². The first-order valence-electron chi connectivity index (χ1n) is 8.23. The highest BCUT2D eigenvalue weighted by atomic mass is 16.4. The topological polar surface area (TPSA) is 80.5 Å². The smallest absolute Gasteiger partial charge is 0.313 e. The molecule has 2 atom stereocenters. The number of nitrogens with two attached hydrogens (primary N) is 1. The van der Waals surface area contributed by atoms with E-state index < -0.39 is 0 Å². The van der Waals surface area contributed by atoms with Crippen LogP contribution >= 0.6 is 0 Å². The summed E-state index contributed by atoms with van der Waals surface area (Å²) in [7, 11) is 0. The lowest BCUT2D eigenvalue weighted by molar-refractivity contribution is 0.331. The summed E-state index contributed by atoms with van der Waals surface area (Å²) < 4.78 is 5.32. The van der Waals surface area contributed by atoms with Gasteiger partial charge in [-0.25, -0.2) is 0 Å². The van der Waals surface area contributed by atoms with E-state index in [2.05, 4.69) is 39.1 Å². The van der Waals surface area contributed by atoms with Gasteiger partial charge in [-0.15, -0.1) is 5.10 Å². The van der Waals surface area contributed by atoms with Crippen LogP contribution in [0.4, 0.5) is 11.7 Å². The van der Waals surface area contributed by atoms with Crippen molar-refractivity contribution in [2.75, 3.05) is 10.6 Å². The predicted octanol–water partition coefficient (Wildman–Crippen LogP) is 3.25. The quantitative estimate of drug-likeness (QED) is 0.920. The lowest BCUT2D eigenvalue weighted by atomic mass is 9.84. The molecule has 2 unspecified atom stereocenters. The second kappa shape index (κ2) is 5.68. The molecule has 1 aromatic carbocycles. The maximum atomic E-state index is 5.52. The minimum absolute atomic E-state index is 0.0911. The number of nitrogens with zero attached hydrogens (tertiary/aromatic N) is 4. The zero-order valence-electron chi connectivity index (χ0n) is 13.3. The van der Waals surface area contributed by atoms with Gasteiger partial charge >= 0.3 is 6.01 Å². The number of aromatic nitrogens is 2. The molecule has 1 saturated carbocycles. The van der Waals surface area contributed by atoms with Crippen LogP contribution < -0.4 is 10.6 Å². The Hall–Kier alpha value is -2.37. The molecule has 1 aliphatic heterocycles. The van der Waals surface area contributed by atoms with E-state index in [4.69, 9.17) is 10.2 Å². The highest BCUT2D eigenvalue weighted by molar-refractivity contribution is 5.84. The van der Waals surface area contributed by atoms with Crippen LogP contribution in [-0.4, -0.2) is 22.6 Å². The van der Waals surface area contributed by atoms with Gasteiger partial charge in [0.25, 0.3) is 0 Å². The van der Waals surface area contributed by atoms with Crippen LogP contribution in [0.5, 0.6) is 0 Å². The minimum atomic E-state index is 0.0911. The van der Waals surface area contributed by atoms with Gasteiger partial charge in [0.1, 0.15) is 0 Å². The Morgan fingerprint density at radius 1 is 1.22 bits per heavy atom. The van der Waals surface area contributed by atoms with E-state index in [1.807, 2.05) is 12.4 Å². The largest absolute Gasteiger partial charge is 0.404 e. The fourth-order valence-electron chi connectivity index (χ4n) is 3.71. The van der Waals surface area contributed by atoms with E-state index in [1.54, 1.807) is 0 Å². The SMILES string of the molecule is CC1CCCCC1N1C=NCc2cc(-c3nnc(N)o3)ccc21. The van der Waals surface area contributed by atoms with Crippen LogP contribution in [0, 0.1) is 5.92 Å². The van der Waals surface area contributed by atoms with Crippen LogP contribution in [0.2, 0.25) is 0 Å². The fourth-order valence-corrected chi connectivity index (χ4v) is 3.71. The summed E-state index contributed by atoms with van der Waals surface area (Å²) in [6.07, 6.45) is 7.18. The van der Waals surface area contributed by atoms with E-state index in [-0.39, 0.29) is 6.01 Å². The number of hydrogen-bond acceptors (Lipinski definition) is 6. The lowest BCUT2D eigenvalue weighted by Crippen LogP contribution is -2.42. The summed E-state index contributed by atoms with van der Waals surface area (Å²) >= 11 is 0. The molecule has 0 radical (unpaired) electrons. The molecule has 2 aromatic rings. The van der Waals surface area contributed by atoms with Gasteiger partial charge in [0.15, 0.2) is 0 Å². The Morgan fingerprint density at radius 3 is 2.87 bits per heavy atom. The zero-order chi connectivity index (χ0) is 15.8. The molecule has 6 heteroatoms. The molecule has 0 bridgehead atoms. The van der Waals surface area contributed by atoms with Crippen molar-refractivity contribution in [3.63, 3.8) is 0 Å². The van der Waals surface area contributed by atoms with E-state index >= 15 is 0 Å². The number of aliphatic imine (C=N–C) groups is 1. The molecule has 0 saturated heterocycles. The van der Waals surface area contributed by atoms with Crippen LogP contribution in [0.15, 0.2) is 27.6 Å². The van der Waals surface area contributed by atoms with Crippen molar-refractivity contribution in [2.45, 2.75) is 45.2 Å². The van der Waals surface area contributed by atoms with Crippen LogP contribution in [0.1, 0.15) is 38.2 Å². The van der Waals surface area contributed by atoms with Gasteiger partial charge < -0.3 is 15.1 Å². The normalized spacial score (nSPS) is 23.8. The Labute approximate surface area is 135 Å². The van der Waals surface area contributed by atoms with Crippen LogP contribution in [0.3, 0.4) is 0 Å². The van der Waals surface area contributed by atoms with Crippen molar-refractivity contribution in [2.24, 2.45) is 10.9 Å². The molecule has 23 heavy (non-hydrogen) atoms. The summed E-state index contributed by atoms with van der Waals surface area (Å²) in [5.74, 6) is 1.15. The highest BCUT2D eigenvalue weighted by Gasteiger charge is 2.29. The van der Waals surface area contributed by atoms with Crippen molar-refractivity contribution in [1.82, 2.24) is 10.2 Å². The number of rotatable bonds is 2. The van der Waals surface area contributed by atoms with Gasteiger partial charge in [0.2, 0.25) is 5.89 Å². The average Bonchev–Trinajstić information content (AvgIpc) is 3.01. The molecule has 0 spiro atoms. The fraction of sp³-hybridized carbons (Fsp3) is 0.471. The van der Waals surface area contributed by atoms with Crippen molar-refractivity contribution in [1.29, 1.82) is 0 Å². The Bertz CT molecular complexity index is 738. The first-order valence-corrected chi connectivity index (χ1v) is 8.23. The summed E-state index contributed by atoms with van der Waals surface area (Å²) in [6.45, 7) is 3.03. The standard InChI is InChI=1S/C17H21N5O/c1-11-4-2-3-5-14(11)22-10-19-9-13-8-12(6-7-15(13)22)16-20-21-17(18)23-16/h6-8,10-11,14H,2-5,9H2,1H3,(H2,18,21). The average molecular weight is 311 g/mol. The van der Waals surface area contributed by atoms with Gasteiger partial charge in [-0.05, 0) is 42.5 Å². The van der Waals surface area contributed by atoms with E-state index in [9.17, 15) is 0 Å². The number of nitrogen functional groups attached to an aromatic ring is 1. The second-order valence-electron chi connectivity index (χ2n) is 6.48.